The second kappa shape index (κ2) is 9.11. The highest BCUT2D eigenvalue weighted by Crippen LogP contribution is 2.37. The quantitative estimate of drug-likeness (QED) is 0.557. The molecule has 0 fully saturated rings. The first kappa shape index (κ1) is 21.4. The van der Waals surface area contributed by atoms with E-state index in [9.17, 15) is 4.79 Å². The third-order valence-corrected chi connectivity index (χ3v) is 6.39. The molecule has 0 bridgehead atoms. The van der Waals surface area contributed by atoms with Crippen molar-refractivity contribution in [2.75, 3.05) is 45.8 Å². The van der Waals surface area contributed by atoms with Crippen molar-refractivity contribution in [1.82, 2.24) is 9.88 Å². The van der Waals surface area contributed by atoms with Crippen LogP contribution in [0.15, 0.2) is 36.4 Å². The third kappa shape index (κ3) is 4.45. The molecule has 7 nitrogen and oxygen atoms in total. The van der Waals surface area contributed by atoms with Gasteiger partial charge < -0.3 is 19.1 Å². The topological polar surface area (TPSA) is 64.1 Å². The highest BCUT2D eigenvalue weighted by atomic mass is 32.1. The molecule has 3 aromatic rings. The van der Waals surface area contributed by atoms with Gasteiger partial charge in [-0.1, -0.05) is 29.5 Å². The van der Waals surface area contributed by atoms with Crippen molar-refractivity contribution in [3.63, 3.8) is 0 Å². The number of aryl methyl sites for hydroxylation is 1. The number of fused-ring (bicyclic) bond motifs is 2. The maximum Gasteiger partial charge on any atom is 0.273 e. The van der Waals surface area contributed by atoms with Gasteiger partial charge in [-0.3, -0.25) is 9.69 Å². The maximum atomic E-state index is 13.5. The van der Waals surface area contributed by atoms with Gasteiger partial charge in [0.2, 0.25) is 6.10 Å². The van der Waals surface area contributed by atoms with Gasteiger partial charge in [-0.05, 0) is 57.7 Å². The zero-order chi connectivity index (χ0) is 22.0. The average Bonchev–Trinajstić information content (AvgIpc) is 3.22. The first-order valence-electron chi connectivity index (χ1n) is 10.3. The Bertz CT molecular complexity index is 1080. The summed E-state index contributed by atoms with van der Waals surface area (Å²) in [5.74, 6) is 1.80. The lowest BCUT2D eigenvalue weighted by Crippen LogP contribution is -2.47. The van der Waals surface area contributed by atoms with Gasteiger partial charge in [0.15, 0.2) is 16.6 Å². The third-order valence-electron chi connectivity index (χ3n) is 5.18. The first-order chi connectivity index (χ1) is 15.0. The van der Waals surface area contributed by atoms with Gasteiger partial charge in [-0.25, -0.2) is 4.98 Å². The number of carbonyl (C=O) groups is 1. The van der Waals surface area contributed by atoms with Gasteiger partial charge in [-0.15, -0.1) is 0 Å². The number of rotatable bonds is 7. The molecule has 164 valence electrons. The molecule has 31 heavy (non-hydrogen) atoms. The highest BCUT2D eigenvalue weighted by Gasteiger charge is 2.33. The zero-order valence-electron chi connectivity index (χ0n) is 18.3. The number of benzene rings is 2. The number of aromatic nitrogens is 1. The predicted octanol–water partition coefficient (Wildman–Crippen LogP) is 3.74. The Morgan fingerprint density at radius 1 is 1.19 bits per heavy atom. The number of para-hydroxylation sites is 2. The van der Waals surface area contributed by atoms with Crippen molar-refractivity contribution in [1.29, 1.82) is 0 Å². The Labute approximate surface area is 186 Å². The number of methoxy groups -OCH3 is 1. The summed E-state index contributed by atoms with van der Waals surface area (Å²) in [6.07, 6.45) is 0.0962. The van der Waals surface area contributed by atoms with E-state index in [1.54, 1.807) is 12.0 Å². The summed E-state index contributed by atoms with van der Waals surface area (Å²) >= 11 is 1.50. The molecular formula is C23H27N3O4S. The van der Waals surface area contributed by atoms with Crippen molar-refractivity contribution in [3.05, 3.63) is 42.0 Å². The number of thiazole rings is 1. The lowest BCUT2D eigenvalue weighted by Gasteiger charge is -2.29. The molecule has 0 aliphatic carbocycles. The minimum Gasteiger partial charge on any atom is -0.494 e. The lowest BCUT2D eigenvalue weighted by molar-refractivity contribution is -0.127. The molecule has 1 aliphatic rings. The van der Waals surface area contributed by atoms with Crippen molar-refractivity contribution >= 4 is 32.6 Å². The van der Waals surface area contributed by atoms with Crippen LogP contribution >= 0.6 is 11.3 Å². The molecule has 0 spiro atoms. The molecule has 0 saturated carbocycles. The van der Waals surface area contributed by atoms with Gasteiger partial charge in [-0.2, -0.15) is 0 Å². The van der Waals surface area contributed by atoms with Crippen LogP contribution in [0.4, 0.5) is 5.13 Å². The Balaban J connectivity index is 1.65. The van der Waals surface area contributed by atoms with Crippen LogP contribution < -0.4 is 19.1 Å². The molecule has 0 saturated heterocycles. The predicted molar refractivity (Wildman–Crippen MR) is 123 cm³/mol. The molecule has 1 atom stereocenters. The number of amides is 1. The van der Waals surface area contributed by atoms with E-state index in [2.05, 4.69) is 4.90 Å². The average molecular weight is 442 g/mol. The van der Waals surface area contributed by atoms with E-state index in [0.717, 1.165) is 28.7 Å². The van der Waals surface area contributed by atoms with Gasteiger partial charge >= 0.3 is 0 Å². The Morgan fingerprint density at radius 2 is 1.97 bits per heavy atom. The molecule has 1 amide bonds. The minimum absolute atomic E-state index is 0.149. The molecular weight excluding hydrogens is 414 g/mol. The van der Waals surface area contributed by atoms with Crippen molar-refractivity contribution in [3.8, 4) is 17.2 Å². The Morgan fingerprint density at radius 3 is 2.71 bits per heavy atom. The van der Waals surface area contributed by atoms with Crippen LogP contribution in [-0.4, -0.2) is 62.8 Å². The van der Waals surface area contributed by atoms with Crippen LogP contribution in [0.5, 0.6) is 17.2 Å². The normalized spacial score (nSPS) is 15.3. The molecule has 2 aromatic carbocycles. The van der Waals surface area contributed by atoms with E-state index in [0.29, 0.717) is 28.9 Å². The summed E-state index contributed by atoms with van der Waals surface area (Å²) < 4.78 is 18.3. The monoisotopic (exact) mass is 441 g/mol. The van der Waals surface area contributed by atoms with E-state index < -0.39 is 6.10 Å². The molecule has 0 radical (unpaired) electrons. The summed E-state index contributed by atoms with van der Waals surface area (Å²) in [5.41, 5.74) is 1.88. The molecule has 1 aliphatic heterocycles. The van der Waals surface area contributed by atoms with Gasteiger partial charge in [0.25, 0.3) is 5.91 Å². The standard InChI is InChI=1S/C23H27N3O4S/c1-15-10-11-18(28-4)20-21(15)31-23(24-20)26(13-7-12-25(2)3)22(27)19-14-29-16-8-5-6-9-17(16)30-19/h5-6,8-11,19H,7,12-14H2,1-4H3. The number of carbonyl (C=O) groups excluding carboxylic acids is 1. The molecule has 8 heteroatoms. The van der Waals surface area contributed by atoms with Crippen LogP contribution in [0.25, 0.3) is 10.2 Å². The van der Waals surface area contributed by atoms with E-state index in [1.807, 2.05) is 57.4 Å². The van der Waals surface area contributed by atoms with Crippen LogP contribution in [-0.2, 0) is 4.79 Å². The summed E-state index contributed by atoms with van der Waals surface area (Å²) in [7, 11) is 5.67. The largest absolute Gasteiger partial charge is 0.494 e. The SMILES string of the molecule is COc1ccc(C)c2sc(N(CCCN(C)C)C(=O)C3COc4ccccc4O3)nc12. The fraction of sp³-hybridized carbons (Fsp3) is 0.391. The molecule has 2 heterocycles. The number of hydrogen-bond donors (Lipinski definition) is 0. The smallest absolute Gasteiger partial charge is 0.273 e. The van der Waals surface area contributed by atoms with Gasteiger partial charge in [0.1, 0.15) is 17.9 Å². The summed E-state index contributed by atoms with van der Waals surface area (Å²) in [4.78, 5) is 22.2. The Kier molecular flexibility index (Phi) is 6.29. The van der Waals surface area contributed by atoms with E-state index >= 15 is 0 Å². The van der Waals surface area contributed by atoms with Crippen molar-refractivity contribution < 1.29 is 19.0 Å². The number of ether oxygens (including phenoxy) is 3. The molecule has 4 rings (SSSR count). The van der Waals surface area contributed by atoms with Crippen LogP contribution in [0, 0.1) is 6.92 Å². The molecule has 1 aromatic heterocycles. The van der Waals surface area contributed by atoms with Gasteiger partial charge in [0.05, 0.1) is 11.8 Å². The molecule has 1 unspecified atom stereocenters. The number of nitrogens with zero attached hydrogens (tertiary/aromatic N) is 3. The lowest BCUT2D eigenvalue weighted by atomic mass is 10.2. The van der Waals surface area contributed by atoms with Crippen LogP contribution in [0.2, 0.25) is 0 Å². The van der Waals surface area contributed by atoms with E-state index in [1.165, 1.54) is 11.3 Å². The van der Waals surface area contributed by atoms with Crippen molar-refractivity contribution in [2.45, 2.75) is 19.4 Å². The summed E-state index contributed by atoms with van der Waals surface area (Å²) in [5, 5.41) is 0.647. The van der Waals surface area contributed by atoms with E-state index in [4.69, 9.17) is 19.2 Å². The second-order valence-corrected chi connectivity index (χ2v) is 8.75. The maximum absolute atomic E-state index is 13.5. The second-order valence-electron chi connectivity index (χ2n) is 7.77. The number of hydrogen-bond acceptors (Lipinski definition) is 7. The number of anilines is 1. The Hall–Kier alpha value is -2.84. The van der Waals surface area contributed by atoms with Crippen molar-refractivity contribution in [2.24, 2.45) is 0 Å². The first-order valence-corrected chi connectivity index (χ1v) is 11.1. The van der Waals surface area contributed by atoms with Crippen LogP contribution in [0.3, 0.4) is 0 Å². The summed E-state index contributed by atoms with van der Waals surface area (Å²) in [6.45, 7) is 3.62. The summed E-state index contributed by atoms with van der Waals surface area (Å²) in [6, 6.07) is 11.3. The zero-order valence-corrected chi connectivity index (χ0v) is 19.1. The fourth-order valence-electron chi connectivity index (χ4n) is 3.54. The van der Waals surface area contributed by atoms with Crippen LogP contribution in [0.1, 0.15) is 12.0 Å². The van der Waals surface area contributed by atoms with E-state index in [-0.39, 0.29) is 12.5 Å². The highest BCUT2D eigenvalue weighted by molar-refractivity contribution is 7.22. The molecule has 0 N–H and O–H groups in total. The van der Waals surface area contributed by atoms with Gasteiger partial charge in [0, 0.05) is 6.54 Å². The minimum atomic E-state index is -0.718. The fourth-order valence-corrected chi connectivity index (χ4v) is 4.62.